The summed E-state index contributed by atoms with van der Waals surface area (Å²) in [7, 11) is 0. The third-order valence-corrected chi connectivity index (χ3v) is 4.33. The first-order valence-electron chi connectivity index (χ1n) is 7.79. The minimum Gasteiger partial charge on any atom is -0.491 e. The molecule has 1 aliphatic rings. The third kappa shape index (κ3) is 2.25. The minimum absolute atomic E-state index is 0.303. The van der Waals surface area contributed by atoms with Gasteiger partial charge in [0.15, 0.2) is 0 Å². The highest BCUT2D eigenvalue weighted by molar-refractivity contribution is 6.45. The standard InChI is InChI=1S/C19H16N2O3/c1-11-17(13-7-2-4-8-14(13)20-11)18(22)19(23)21-15-10-24-16-9-5-3-6-12(15)16/h2-9,15,20H,10H2,1H3,(H,21,23). The molecular formula is C19H16N2O3. The summed E-state index contributed by atoms with van der Waals surface area (Å²) >= 11 is 0. The molecule has 0 bridgehead atoms. The average molecular weight is 320 g/mol. The number of nitrogens with one attached hydrogen (secondary N) is 2. The van der Waals surface area contributed by atoms with Crippen LogP contribution in [0.4, 0.5) is 0 Å². The number of amides is 1. The van der Waals surface area contributed by atoms with Gasteiger partial charge in [-0.1, -0.05) is 36.4 Å². The van der Waals surface area contributed by atoms with Crippen LogP contribution >= 0.6 is 0 Å². The van der Waals surface area contributed by atoms with E-state index < -0.39 is 11.7 Å². The van der Waals surface area contributed by atoms with E-state index in [9.17, 15) is 9.59 Å². The highest BCUT2D eigenvalue weighted by atomic mass is 16.5. The first-order valence-corrected chi connectivity index (χ1v) is 7.79. The number of fused-ring (bicyclic) bond motifs is 2. The molecule has 1 atom stereocenters. The number of hydrogen-bond acceptors (Lipinski definition) is 3. The number of carbonyl (C=O) groups excluding carboxylic acids is 2. The van der Waals surface area contributed by atoms with Gasteiger partial charge in [-0.3, -0.25) is 9.59 Å². The van der Waals surface area contributed by atoms with E-state index in [-0.39, 0.29) is 6.04 Å². The summed E-state index contributed by atoms with van der Waals surface area (Å²) in [5.74, 6) is -0.402. The fourth-order valence-electron chi connectivity index (χ4n) is 3.19. The van der Waals surface area contributed by atoms with Crippen LogP contribution in [0.3, 0.4) is 0 Å². The summed E-state index contributed by atoms with van der Waals surface area (Å²) < 4.78 is 5.54. The molecular weight excluding hydrogens is 304 g/mol. The van der Waals surface area contributed by atoms with Crippen molar-refractivity contribution in [2.75, 3.05) is 6.61 Å². The number of aromatic nitrogens is 1. The molecule has 0 radical (unpaired) electrons. The van der Waals surface area contributed by atoms with Crippen molar-refractivity contribution in [1.82, 2.24) is 10.3 Å². The van der Waals surface area contributed by atoms with Crippen molar-refractivity contribution >= 4 is 22.6 Å². The van der Waals surface area contributed by atoms with Gasteiger partial charge in [0.05, 0.1) is 11.6 Å². The van der Waals surface area contributed by atoms with Gasteiger partial charge in [0.1, 0.15) is 12.4 Å². The SMILES string of the molecule is Cc1[nH]c2ccccc2c1C(=O)C(=O)NC1COc2ccccc21. The summed E-state index contributed by atoms with van der Waals surface area (Å²) in [4.78, 5) is 28.3. The van der Waals surface area contributed by atoms with Crippen LogP contribution < -0.4 is 10.1 Å². The van der Waals surface area contributed by atoms with E-state index in [0.717, 1.165) is 22.2 Å². The predicted molar refractivity (Wildman–Crippen MR) is 90.2 cm³/mol. The molecule has 120 valence electrons. The van der Waals surface area contributed by atoms with E-state index in [2.05, 4.69) is 10.3 Å². The van der Waals surface area contributed by atoms with E-state index in [1.54, 1.807) is 6.92 Å². The van der Waals surface area contributed by atoms with Crippen molar-refractivity contribution in [2.24, 2.45) is 0 Å². The van der Waals surface area contributed by atoms with Gasteiger partial charge in [0.2, 0.25) is 0 Å². The van der Waals surface area contributed by atoms with Crippen LogP contribution in [0.2, 0.25) is 0 Å². The first kappa shape index (κ1) is 14.5. The molecule has 1 unspecified atom stereocenters. The lowest BCUT2D eigenvalue weighted by molar-refractivity contribution is -0.117. The zero-order chi connectivity index (χ0) is 16.7. The Morgan fingerprint density at radius 1 is 1.12 bits per heavy atom. The largest absolute Gasteiger partial charge is 0.491 e. The molecule has 24 heavy (non-hydrogen) atoms. The number of carbonyl (C=O) groups is 2. The van der Waals surface area contributed by atoms with Gasteiger partial charge in [-0.05, 0) is 19.1 Å². The number of aryl methyl sites for hydroxylation is 1. The topological polar surface area (TPSA) is 71.2 Å². The predicted octanol–water partition coefficient (Wildman–Crippen LogP) is 2.91. The summed E-state index contributed by atoms with van der Waals surface area (Å²) in [6.07, 6.45) is 0. The number of aromatic amines is 1. The number of benzene rings is 2. The number of Topliss-reactive ketones (excluding diaryl/α,β-unsaturated/α-hetero) is 1. The molecule has 1 aliphatic heterocycles. The highest BCUT2D eigenvalue weighted by Crippen LogP contribution is 2.31. The highest BCUT2D eigenvalue weighted by Gasteiger charge is 2.29. The van der Waals surface area contributed by atoms with Crippen LogP contribution in [-0.2, 0) is 4.79 Å². The second kappa shape index (κ2) is 5.53. The van der Waals surface area contributed by atoms with Crippen LogP contribution in [0.25, 0.3) is 10.9 Å². The molecule has 2 aromatic carbocycles. The normalized spacial score (nSPS) is 15.8. The summed E-state index contributed by atoms with van der Waals surface area (Å²) in [5.41, 5.74) is 2.87. The van der Waals surface area contributed by atoms with Crippen molar-refractivity contribution in [1.29, 1.82) is 0 Å². The molecule has 5 heteroatoms. The van der Waals surface area contributed by atoms with Gasteiger partial charge in [-0.2, -0.15) is 0 Å². The van der Waals surface area contributed by atoms with E-state index in [4.69, 9.17) is 4.74 Å². The maximum Gasteiger partial charge on any atom is 0.293 e. The summed E-state index contributed by atoms with van der Waals surface area (Å²) in [6.45, 7) is 2.14. The fourth-order valence-corrected chi connectivity index (χ4v) is 3.19. The number of ketones is 1. The van der Waals surface area contributed by atoms with Crippen molar-refractivity contribution in [2.45, 2.75) is 13.0 Å². The van der Waals surface area contributed by atoms with Crippen LogP contribution in [0.1, 0.15) is 27.7 Å². The Hall–Kier alpha value is -3.08. The molecule has 1 amide bonds. The maximum atomic E-state index is 12.7. The monoisotopic (exact) mass is 320 g/mol. The average Bonchev–Trinajstić information content (AvgIpc) is 3.14. The molecule has 3 aromatic rings. The molecule has 0 saturated carbocycles. The smallest absolute Gasteiger partial charge is 0.293 e. The number of hydrogen-bond donors (Lipinski definition) is 2. The molecule has 2 N–H and O–H groups in total. The van der Waals surface area contributed by atoms with Crippen molar-refractivity contribution in [3.8, 4) is 5.75 Å². The Labute approximate surface area is 138 Å². The van der Waals surface area contributed by atoms with E-state index in [1.807, 2.05) is 48.5 Å². The number of ether oxygens (including phenoxy) is 1. The Kier molecular flexibility index (Phi) is 3.34. The molecule has 0 spiro atoms. The first-order chi connectivity index (χ1) is 11.6. The Morgan fingerprint density at radius 2 is 1.88 bits per heavy atom. The minimum atomic E-state index is -0.617. The summed E-state index contributed by atoms with van der Waals surface area (Å²) in [5, 5.41) is 3.55. The van der Waals surface area contributed by atoms with Gasteiger partial charge in [-0.15, -0.1) is 0 Å². The Bertz CT molecular complexity index is 958. The van der Waals surface area contributed by atoms with Crippen molar-refractivity contribution in [3.05, 3.63) is 65.4 Å². The van der Waals surface area contributed by atoms with Gasteiger partial charge in [-0.25, -0.2) is 0 Å². The quantitative estimate of drug-likeness (QED) is 0.576. The lowest BCUT2D eigenvalue weighted by atomic mass is 10.0. The molecule has 1 aromatic heterocycles. The molecule has 5 nitrogen and oxygen atoms in total. The van der Waals surface area contributed by atoms with Crippen LogP contribution in [-0.4, -0.2) is 23.3 Å². The maximum absolute atomic E-state index is 12.7. The molecule has 0 aliphatic carbocycles. The number of H-pyrrole nitrogens is 1. The second-order valence-corrected chi connectivity index (χ2v) is 5.87. The lowest BCUT2D eigenvalue weighted by Gasteiger charge is -2.11. The Morgan fingerprint density at radius 3 is 2.75 bits per heavy atom. The molecule has 0 saturated heterocycles. The zero-order valence-corrected chi connectivity index (χ0v) is 13.1. The summed E-state index contributed by atoms with van der Waals surface area (Å²) in [6, 6.07) is 14.7. The van der Waals surface area contributed by atoms with E-state index in [0.29, 0.717) is 17.9 Å². The van der Waals surface area contributed by atoms with Gasteiger partial charge in [0.25, 0.3) is 11.7 Å². The Balaban J connectivity index is 1.61. The molecule has 0 fully saturated rings. The van der Waals surface area contributed by atoms with Crippen molar-refractivity contribution in [3.63, 3.8) is 0 Å². The lowest BCUT2D eigenvalue weighted by Crippen LogP contribution is -2.35. The van der Waals surface area contributed by atoms with Gasteiger partial charge in [0, 0.05) is 22.2 Å². The van der Waals surface area contributed by atoms with Gasteiger partial charge < -0.3 is 15.0 Å². The second-order valence-electron chi connectivity index (χ2n) is 5.87. The molecule has 2 heterocycles. The third-order valence-electron chi connectivity index (χ3n) is 4.33. The number of rotatable bonds is 3. The fraction of sp³-hybridized carbons (Fsp3) is 0.158. The van der Waals surface area contributed by atoms with Crippen molar-refractivity contribution < 1.29 is 14.3 Å². The number of para-hydroxylation sites is 2. The van der Waals surface area contributed by atoms with E-state index >= 15 is 0 Å². The van der Waals surface area contributed by atoms with Crippen LogP contribution in [0.5, 0.6) is 5.75 Å². The van der Waals surface area contributed by atoms with Crippen LogP contribution in [0.15, 0.2) is 48.5 Å². The molecule has 4 rings (SSSR count). The van der Waals surface area contributed by atoms with Gasteiger partial charge >= 0.3 is 0 Å². The van der Waals surface area contributed by atoms with E-state index in [1.165, 1.54) is 0 Å². The van der Waals surface area contributed by atoms with Crippen LogP contribution in [0, 0.1) is 6.92 Å². The zero-order valence-electron chi connectivity index (χ0n) is 13.1.